The number of rotatable bonds is 9. The molecule has 2 aliphatic rings. The van der Waals surface area contributed by atoms with Crippen molar-refractivity contribution in [2.75, 3.05) is 13.7 Å². The lowest BCUT2D eigenvalue weighted by molar-refractivity contribution is -0.0590. The van der Waals surface area contributed by atoms with Crippen molar-refractivity contribution in [1.82, 2.24) is 19.5 Å². The van der Waals surface area contributed by atoms with Crippen LogP contribution in [0.2, 0.25) is 5.02 Å². The Bertz CT molecular complexity index is 1880. The summed E-state index contributed by atoms with van der Waals surface area (Å²) >= 11 is 6.15. The van der Waals surface area contributed by atoms with Gasteiger partial charge < -0.3 is 23.2 Å². The monoisotopic (exact) mass is 636 g/mol. The molecule has 0 amide bonds. The lowest BCUT2D eigenvalue weighted by Crippen LogP contribution is -2.32. The lowest BCUT2D eigenvalue weighted by Gasteiger charge is -2.29. The van der Waals surface area contributed by atoms with Crippen LogP contribution in [0.3, 0.4) is 0 Å². The number of nitrogens with zero attached hydrogens (tertiary/aromatic N) is 4. The van der Waals surface area contributed by atoms with E-state index in [0.29, 0.717) is 39.8 Å². The zero-order valence-electron chi connectivity index (χ0n) is 24.6. The largest absolute Gasteiger partial charge is 0.470 e. The number of fused-ring (bicyclic) bond motifs is 2. The minimum atomic E-state index is -0.761. The summed E-state index contributed by atoms with van der Waals surface area (Å²) in [5, 5.41) is 0.776. The van der Waals surface area contributed by atoms with Gasteiger partial charge in [0, 0.05) is 36.0 Å². The first-order valence-electron chi connectivity index (χ1n) is 15.1. The molecular weight excluding hydrogens is 606 g/mol. The molecule has 9 nitrogen and oxygen atoms in total. The molecule has 0 bridgehead atoms. The molecule has 0 radical (unpaired) electrons. The predicted molar refractivity (Wildman–Crippen MR) is 161 cm³/mol. The van der Waals surface area contributed by atoms with Crippen LogP contribution in [-0.2, 0) is 29.0 Å². The number of aromatic nitrogens is 4. The molecule has 3 aromatic heterocycles. The van der Waals surface area contributed by atoms with Crippen LogP contribution in [0.4, 0.5) is 8.78 Å². The third kappa shape index (κ3) is 5.98. The first-order chi connectivity index (χ1) is 21.9. The number of benzene rings is 2. The van der Waals surface area contributed by atoms with Crippen LogP contribution < -0.4 is 4.74 Å². The number of halogens is 3. The van der Waals surface area contributed by atoms with E-state index >= 15 is 0 Å². The number of ether oxygens (including phenoxy) is 3. The standard InChI is InChI=1S/C33H31ClF2N4O5/c1-42-33(41)20-7-9-26-27(13-20)40(16-22-10-11-43-22)29(38-26)12-18-2-4-19(5-3-18)31-37-15-25(35)32(39-31)44-17-21-6-8-24(34)23-14-28(36)45-30(21)23/h6-9,13-15,18-19,22H,2-5,10-12,16-17H2,1H3. The lowest BCUT2D eigenvalue weighted by atomic mass is 9.80. The number of furan rings is 1. The maximum Gasteiger partial charge on any atom is 0.337 e. The van der Waals surface area contributed by atoms with Crippen LogP contribution in [0.5, 0.6) is 5.88 Å². The van der Waals surface area contributed by atoms with E-state index in [0.717, 1.165) is 68.2 Å². The van der Waals surface area contributed by atoms with Gasteiger partial charge in [0.25, 0.3) is 11.9 Å². The fourth-order valence-corrected chi connectivity index (χ4v) is 6.53. The Morgan fingerprint density at radius 1 is 1.09 bits per heavy atom. The van der Waals surface area contributed by atoms with Gasteiger partial charge >= 0.3 is 5.97 Å². The summed E-state index contributed by atoms with van der Waals surface area (Å²) in [6.45, 7) is 1.38. The highest BCUT2D eigenvalue weighted by Crippen LogP contribution is 2.37. The number of methoxy groups -OCH3 is 1. The first kappa shape index (κ1) is 29.6. The molecule has 12 heteroatoms. The van der Waals surface area contributed by atoms with Gasteiger partial charge in [0.05, 0.1) is 47.6 Å². The summed E-state index contributed by atoms with van der Waals surface area (Å²) in [7, 11) is 1.38. The Morgan fingerprint density at radius 2 is 1.91 bits per heavy atom. The van der Waals surface area contributed by atoms with Crippen LogP contribution in [0.25, 0.3) is 22.0 Å². The quantitative estimate of drug-likeness (QED) is 0.157. The van der Waals surface area contributed by atoms with Gasteiger partial charge in [-0.1, -0.05) is 17.7 Å². The van der Waals surface area contributed by atoms with Gasteiger partial charge in [-0.2, -0.15) is 13.8 Å². The van der Waals surface area contributed by atoms with Crippen molar-refractivity contribution in [1.29, 1.82) is 0 Å². The van der Waals surface area contributed by atoms with E-state index in [9.17, 15) is 13.6 Å². The minimum absolute atomic E-state index is 0.0652. The van der Waals surface area contributed by atoms with Gasteiger partial charge in [0.15, 0.2) is 0 Å². The van der Waals surface area contributed by atoms with Gasteiger partial charge in [-0.15, -0.1) is 0 Å². The zero-order chi connectivity index (χ0) is 31.1. The van der Waals surface area contributed by atoms with E-state index in [1.54, 1.807) is 18.2 Å². The first-order valence-corrected chi connectivity index (χ1v) is 15.4. The molecule has 234 valence electrons. The Balaban J connectivity index is 1.03. The smallest absolute Gasteiger partial charge is 0.337 e. The van der Waals surface area contributed by atoms with E-state index in [4.69, 9.17) is 35.2 Å². The van der Waals surface area contributed by atoms with Gasteiger partial charge in [-0.25, -0.2) is 14.8 Å². The van der Waals surface area contributed by atoms with E-state index < -0.39 is 11.8 Å². The highest BCUT2D eigenvalue weighted by molar-refractivity contribution is 6.35. The van der Waals surface area contributed by atoms with Crippen LogP contribution in [0.15, 0.2) is 47.0 Å². The Hall–Kier alpha value is -4.09. The Kier molecular flexibility index (Phi) is 8.14. The predicted octanol–water partition coefficient (Wildman–Crippen LogP) is 7.18. The molecule has 4 heterocycles. The average molecular weight is 637 g/mol. The number of imidazole rings is 1. The van der Waals surface area contributed by atoms with Gasteiger partial charge in [-0.3, -0.25) is 0 Å². The fourth-order valence-electron chi connectivity index (χ4n) is 6.33. The number of carbonyl (C=O) groups is 1. The van der Waals surface area contributed by atoms with Crippen LogP contribution in [0, 0.1) is 17.7 Å². The highest BCUT2D eigenvalue weighted by atomic mass is 35.5. The summed E-state index contributed by atoms with van der Waals surface area (Å²) in [6.07, 6.45) is 6.63. The van der Waals surface area contributed by atoms with E-state index in [-0.39, 0.29) is 36.1 Å². The van der Waals surface area contributed by atoms with Gasteiger partial charge in [0.2, 0.25) is 5.82 Å². The summed E-state index contributed by atoms with van der Waals surface area (Å²) in [6, 6.07) is 9.18. The molecule has 7 rings (SSSR count). The van der Waals surface area contributed by atoms with Crippen molar-refractivity contribution in [3.63, 3.8) is 0 Å². The molecule has 1 unspecified atom stereocenters. The summed E-state index contributed by atoms with van der Waals surface area (Å²) in [5.74, 6) is 0.777. The second kappa shape index (κ2) is 12.4. The number of esters is 1. The minimum Gasteiger partial charge on any atom is -0.470 e. The van der Waals surface area contributed by atoms with E-state index in [1.165, 1.54) is 13.2 Å². The van der Waals surface area contributed by atoms with Crippen molar-refractivity contribution in [3.8, 4) is 5.88 Å². The number of hydrogen-bond donors (Lipinski definition) is 0. The Morgan fingerprint density at radius 3 is 2.67 bits per heavy atom. The molecule has 45 heavy (non-hydrogen) atoms. The van der Waals surface area contributed by atoms with Crippen molar-refractivity contribution in [2.24, 2.45) is 5.92 Å². The van der Waals surface area contributed by atoms with Crippen LogP contribution in [-0.4, -0.2) is 45.3 Å². The average Bonchev–Trinajstić information content (AvgIpc) is 3.59. The second-order valence-corrected chi connectivity index (χ2v) is 12.1. The molecule has 0 spiro atoms. The summed E-state index contributed by atoms with van der Waals surface area (Å²) in [4.78, 5) is 25.9. The van der Waals surface area contributed by atoms with Gasteiger partial charge in [-0.05, 0) is 62.3 Å². The third-order valence-electron chi connectivity index (χ3n) is 8.89. The van der Waals surface area contributed by atoms with E-state index in [1.807, 2.05) is 12.1 Å². The molecular formula is C33H31ClF2N4O5. The van der Waals surface area contributed by atoms with E-state index in [2.05, 4.69) is 14.5 Å². The van der Waals surface area contributed by atoms with Crippen molar-refractivity contribution in [3.05, 3.63) is 82.2 Å². The molecule has 1 atom stereocenters. The maximum absolute atomic E-state index is 14.7. The second-order valence-electron chi connectivity index (χ2n) is 11.7. The number of carbonyl (C=O) groups excluding carboxylic acids is 1. The topological polar surface area (TPSA) is 102 Å². The van der Waals surface area contributed by atoms with Crippen molar-refractivity contribution in [2.45, 2.75) is 63.7 Å². The molecule has 1 aliphatic heterocycles. The van der Waals surface area contributed by atoms with Crippen LogP contribution in [0.1, 0.15) is 65.6 Å². The molecule has 1 saturated carbocycles. The SMILES string of the molecule is COC(=O)c1ccc2nc(CC3CCC(c4ncc(F)c(OCc5ccc(Cl)c6cc(F)oc56)n4)CC3)n(CC3CCO3)c2c1. The molecule has 2 aromatic carbocycles. The number of hydrogen-bond acceptors (Lipinski definition) is 8. The Labute approximate surface area is 262 Å². The maximum atomic E-state index is 14.7. The van der Waals surface area contributed by atoms with Gasteiger partial charge in [0.1, 0.15) is 23.8 Å². The molecule has 0 N–H and O–H groups in total. The molecule has 2 fully saturated rings. The van der Waals surface area contributed by atoms with Crippen LogP contribution >= 0.6 is 11.6 Å². The molecule has 5 aromatic rings. The normalized spacial score (nSPS) is 20.0. The third-order valence-corrected chi connectivity index (χ3v) is 9.22. The highest BCUT2D eigenvalue weighted by Gasteiger charge is 2.28. The summed E-state index contributed by atoms with van der Waals surface area (Å²) in [5.41, 5.74) is 3.02. The summed E-state index contributed by atoms with van der Waals surface area (Å²) < 4.78 is 52.1. The van der Waals surface area contributed by atoms with Crippen molar-refractivity contribution >= 4 is 39.6 Å². The fraction of sp³-hybridized carbons (Fsp3) is 0.394. The zero-order valence-corrected chi connectivity index (χ0v) is 25.4. The molecule has 1 saturated heterocycles. The molecule has 1 aliphatic carbocycles. The van der Waals surface area contributed by atoms with Crippen molar-refractivity contribution < 1.29 is 32.2 Å².